The van der Waals surface area contributed by atoms with Crippen molar-refractivity contribution in [3.63, 3.8) is 0 Å². The molecule has 6 heteroatoms. The van der Waals surface area contributed by atoms with Crippen molar-refractivity contribution in [2.24, 2.45) is 0 Å². The number of fused-ring (bicyclic) bond motifs is 1. The summed E-state index contributed by atoms with van der Waals surface area (Å²) in [7, 11) is -3.88. The van der Waals surface area contributed by atoms with Crippen molar-refractivity contribution >= 4 is 21.4 Å². The molecule has 2 aromatic carbocycles. The van der Waals surface area contributed by atoms with Crippen molar-refractivity contribution in [1.29, 1.82) is 0 Å². The molecule has 0 saturated heterocycles. The van der Waals surface area contributed by atoms with Crippen molar-refractivity contribution in [1.82, 2.24) is 0 Å². The molecule has 1 aliphatic rings. The number of sulfone groups is 1. The molecule has 0 N–H and O–H groups in total. The van der Waals surface area contributed by atoms with E-state index in [1.165, 1.54) is 42.5 Å². The highest BCUT2D eigenvalue weighted by molar-refractivity contribution is 7.92. The van der Waals surface area contributed by atoms with Crippen LogP contribution in [0.2, 0.25) is 0 Å². The Morgan fingerprint density at radius 3 is 2.45 bits per heavy atom. The molecule has 0 bridgehead atoms. The summed E-state index contributed by atoms with van der Waals surface area (Å²) in [6, 6.07) is 10.8. The molecule has 2 aromatic rings. The van der Waals surface area contributed by atoms with Gasteiger partial charge in [-0.2, -0.15) is 0 Å². The second-order valence-electron chi connectivity index (χ2n) is 5.07. The highest BCUT2D eigenvalue weighted by Crippen LogP contribution is 2.31. The molecule has 0 aromatic heterocycles. The number of rotatable bonds is 1. The molecule has 0 aliphatic carbocycles. The van der Waals surface area contributed by atoms with E-state index in [9.17, 15) is 22.4 Å². The maximum Gasteiger partial charge on any atom is 0.186 e. The Kier molecular flexibility index (Phi) is 3.41. The predicted molar refractivity (Wildman–Crippen MR) is 77.0 cm³/mol. The average Bonchev–Trinajstić information content (AvgIpc) is 2.53. The normalized spacial score (nSPS) is 20.3. The lowest BCUT2D eigenvalue weighted by Gasteiger charge is -2.12. The maximum atomic E-state index is 13.4. The zero-order valence-corrected chi connectivity index (χ0v) is 12.1. The van der Waals surface area contributed by atoms with Crippen LogP contribution < -0.4 is 0 Å². The van der Waals surface area contributed by atoms with Crippen molar-refractivity contribution in [3.05, 3.63) is 65.5 Å². The first-order chi connectivity index (χ1) is 10.4. The first-order valence-corrected chi connectivity index (χ1v) is 8.19. The smallest absolute Gasteiger partial charge is 0.186 e. The van der Waals surface area contributed by atoms with E-state index in [2.05, 4.69) is 0 Å². The molecule has 22 heavy (non-hydrogen) atoms. The monoisotopic (exact) mass is 318 g/mol. The SMILES string of the molecule is O=C1CS(=O)(=O)c2ccccc2C(=O)C1c1cccc(F)c1. The van der Waals surface area contributed by atoms with Gasteiger partial charge in [0.05, 0.1) is 4.90 Å². The summed E-state index contributed by atoms with van der Waals surface area (Å²) in [4.78, 5) is 24.8. The first-order valence-electron chi connectivity index (χ1n) is 6.54. The summed E-state index contributed by atoms with van der Waals surface area (Å²) >= 11 is 0. The molecular weight excluding hydrogens is 307 g/mol. The lowest BCUT2D eigenvalue weighted by atomic mass is 9.88. The number of hydrogen-bond donors (Lipinski definition) is 0. The predicted octanol–water partition coefficient (Wildman–Crippen LogP) is 2.15. The van der Waals surface area contributed by atoms with Gasteiger partial charge in [0.15, 0.2) is 21.4 Å². The number of hydrogen-bond acceptors (Lipinski definition) is 4. The van der Waals surface area contributed by atoms with Crippen LogP contribution in [-0.4, -0.2) is 25.7 Å². The summed E-state index contributed by atoms with van der Waals surface area (Å²) in [5, 5.41) is 0. The summed E-state index contributed by atoms with van der Waals surface area (Å²) in [5.41, 5.74) is 0.143. The molecule has 3 rings (SSSR count). The van der Waals surface area contributed by atoms with Crippen LogP contribution in [0.4, 0.5) is 4.39 Å². The Balaban J connectivity index is 2.23. The number of Topliss-reactive ketones (excluding diaryl/α,β-unsaturated/α-hetero) is 2. The minimum Gasteiger partial charge on any atom is -0.297 e. The molecule has 0 saturated carbocycles. The fourth-order valence-corrected chi connectivity index (χ4v) is 4.10. The third kappa shape index (κ3) is 2.35. The number of carbonyl (C=O) groups excluding carboxylic acids is 2. The highest BCUT2D eigenvalue weighted by atomic mass is 32.2. The molecule has 0 radical (unpaired) electrons. The van der Waals surface area contributed by atoms with Crippen LogP contribution in [0.15, 0.2) is 53.4 Å². The Morgan fingerprint density at radius 1 is 1.00 bits per heavy atom. The van der Waals surface area contributed by atoms with Crippen molar-refractivity contribution < 1.29 is 22.4 Å². The minimum absolute atomic E-state index is 0.0254. The van der Waals surface area contributed by atoms with Crippen molar-refractivity contribution in [2.75, 3.05) is 5.75 Å². The maximum absolute atomic E-state index is 13.4. The van der Waals surface area contributed by atoms with Crippen molar-refractivity contribution in [3.8, 4) is 0 Å². The summed E-state index contributed by atoms with van der Waals surface area (Å²) < 4.78 is 37.9. The van der Waals surface area contributed by atoms with Gasteiger partial charge in [-0.1, -0.05) is 30.3 Å². The number of ketones is 2. The third-order valence-electron chi connectivity index (χ3n) is 3.59. The van der Waals surface area contributed by atoms with Crippen molar-refractivity contribution in [2.45, 2.75) is 10.8 Å². The van der Waals surface area contributed by atoms with E-state index in [1.807, 2.05) is 0 Å². The number of benzene rings is 2. The van der Waals surface area contributed by atoms with Gasteiger partial charge in [-0.3, -0.25) is 9.59 Å². The van der Waals surface area contributed by atoms with Gasteiger partial charge in [0.1, 0.15) is 17.5 Å². The van der Waals surface area contributed by atoms with E-state index >= 15 is 0 Å². The average molecular weight is 318 g/mol. The second-order valence-corrected chi connectivity index (χ2v) is 7.03. The van der Waals surface area contributed by atoms with E-state index in [1.54, 1.807) is 0 Å². The van der Waals surface area contributed by atoms with E-state index < -0.39 is 38.9 Å². The van der Waals surface area contributed by atoms with Gasteiger partial charge in [-0.05, 0) is 23.8 Å². The van der Waals surface area contributed by atoms with Crippen LogP contribution in [0.3, 0.4) is 0 Å². The van der Waals surface area contributed by atoms with Gasteiger partial charge < -0.3 is 0 Å². The molecular formula is C16H11FO4S. The van der Waals surface area contributed by atoms with Gasteiger partial charge in [-0.15, -0.1) is 0 Å². The molecule has 0 fully saturated rings. The largest absolute Gasteiger partial charge is 0.297 e. The fourth-order valence-electron chi connectivity index (χ4n) is 2.61. The standard InChI is InChI=1S/C16H11FO4S/c17-11-5-3-4-10(8-11)15-13(18)9-22(20,21)14-7-2-1-6-12(14)16(15)19/h1-8,15H,9H2. The molecule has 0 amide bonds. The quantitative estimate of drug-likeness (QED) is 0.756. The second kappa shape index (κ2) is 5.14. The van der Waals surface area contributed by atoms with Crippen LogP contribution in [0.1, 0.15) is 21.8 Å². The molecule has 0 spiro atoms. The summed E-state index contributed by atoms with van der Waals surface area (Å²) in [6.07, 6.45) is 0. The summed E-state index contributed by atoms with van der Waals surface area (Å²) in [5.74, 6) is -4.01. The van der Waals surface area contributed by atoms with Crippen LogP contribution >= 0.6 is 0 Å². The Labute approximate surface area is 126 Å². The van der Waals surface area contributed by atoms with Gasteiger partial charge in [-0.25, -0.2) is 12.8 Å². The molecule has 4 nitrogen and oxygen atoms in total. The lowest BCUT2D eigenvalue weighted by molar-refractivity contribution is -0.117. The molecule has 1 aliphatic heterocycles. The Morgan fingerprint density at radius 2 is 1.73 bits per heavy atom. The molecule has 112 valence electrons. The van der Waals surface area contributed by atoms with Gasteiger partial charge in [0.25, 0.3) is 0 Å². The Hall–Kier alpha value is -2.34. The van der Waals surface area contributed by atoms with Gasteiger partial charge in [0.2, 0.25) is 0 Å². The lowest BCUT2D eigenvalue weighted by Crippen LogP contribution is -2.24. The molecule has 1 heterocycles. The van der Waals surface area contributed by atoms with Crippen LogP contribution in [-0.2, 0) is 14.6 Å². The molecule has 1 unspecified atom stereocenters. The highest BCUT2D eigenvalue weighted by Gasteiger charge is 2.39. The first kappa shape index (κ1) is 14.6. The van der Waals surface area contributed by atoms with E-state index in [0.29, 0.717) is 0 Å². The zero-order chi connectivity index (χ0) is 15.9. The van der Waals surface area contributed by atoms with Gasteiger partial charge >= 0.3 is 0 Å². The third-order valence-corrected chi connectivity index (χ3v) is 5.28. The van der Waals surface area contributed by atoms with E-state index in [0.717, 1.165) is 6.07 Å². The van der Waals surface area contributed by atoms with Crippen LogP contribution in [0, 0.1) is 5.82 Å². The topological polar surface area (TPSA) is 68.3 Å². The number of carbonyl (C=O) groups is 2. The van der Waals surface area contributed by atoms with Gasteiger partial charge in [0, 0.05) is 5.56 Å². The van der Waals surface area contributed by atoms with Crippen LogP contribution in [0.5, 0.6) is 0 Å². The Bertz CT molecular complexity index is 887. The van der Waals surface area contributed by atoms with E-state index in [-0.39, 0.29) is 16.0 Å². The van der Waals surface area contributed by atoms with E-state index in [4.69, 9.17) is 0 Å². The summed E-state index contributed by atoms with van der Waals surface area (Å²) in [6.45, 7) is 0. The zero-order valence-electron chi connectivity index (χ0n) is 11.3. The molecule has 1 atom stereocenters. The van der Waals surface area contributed by atoms with Crippen LogP contribution in [0.25, 0.3) is 0 Å². The fraction of sp³-hybridized carbons (Fsp3) is 0.125. The minimum atomic E-state index is -3.88. The number of halogens is 1.